The predicted octanol–water partition coefficient (Wildman–Crippen LogP) is 1.29. The van der Waals surface area contributed by atoms with Crippen molar-refractivity contribution in [3.8, 4) is 0 Å². The number of nitrogens with two attached hydrogens (primary N) is 1. The molecular weight excluding hydrogens is 164 g/mol. The van der Waals surface area contributed by atoms with Crippen LogP contribution < -0.4 is 5.73 Å². The molecule has 1 rings (SSSR count). The van der Waals surface area contributed by atoms with Crippen LogP contribution in [0.4, 0.5) is 0 Å². The molecule has 1 aromatic heterocycles. The summed E-state index contributed by atoms with van der Waals surface area (Å²) in [6, 6.07) is 1.84. The van der Waals surface area contributed by atoms with E-state index in [1.165, 1.54) is 0 Å². The van der Waals surface area contributed by atoms with Crippen LogP contribution in [0, 0.1) is 13.8 Å². The third-order valence-electron chi connectivity index (χ3n) is 2.39. The van der Waals surface area contributed by atoms with Gasteiger partial charge in [-0.2, -0.15) is 0 Å². The van der Waals surface area contributed by atoms with E-state index < -0.39 is 0 Å². The normalized spacial score (nSPS) is 12.5. The molecule has 0 saturated carbocycles. The molecule has 3 heteroatoms. The molecule has 1 atom stereocenters. The molecule has 0 aliphatic rings. The minimum atomic E-state index is -0.297. The summed E-state index contributed by atoms with van der Waals surface area (Å²) in [6.07, 6.45) is 1.71. The van der Waals surface area contributed by atoms with Gasteiger partial charge in [0.05, 0.1) is 5.92 Å². The molecule has 0 bridgehead atoms. The molecule has 2 N–H and O–H groups in total. The standard InChI is InChI=1S/C10H14N2O/c1-6-8(3)12-5-4-9(6)7(2)10(11)13/h4-5,7H,1-3H3,(H2,11,13). The number of hydrogen-bond acceptors (Lipinski definition) is 2. The summed E-state index contributed by atoms with van der Waals surface area (Å²) < 4.78 is 0. The SMILES string of the molecule is Cc1nccc(C(C)C(N)=O)c1C. The minimum Gasteiger partial charge on any atom is -0.369 e. The maximum absolute atomic E-state index is 11.0. The summed E-state index contributed by atoms with van der Waals surface area (Å²) in [6.45, 7) is 5.69. The van der Waals surface area contributed by atoms with E-state index in [0.717, 1.165) is 16.8 Å². The first-order chi connectivity index (χ1) is 6.04. The molecule has 0 fully saturated rings. The average Bonchev–Trinajstić information content (AvgIpc) is 2.08. The Kier molecular flexibility index (Phi) is 2.66. The summed E-state index contributed by atoms with van der Waals surface area (Å²) in [5.41, 5.74) is 8.20. The predicted molar refractivity (Wildman–Crippen MR) is 51.3 cm³/mol. The first kappa shape index (κ1) is 9.71. The van der Waals surface area contributed by atoms with E-state index in [2.05, 4.69) is 4.98 Å². The van der Waals surface area contributed by atoms with Crippen molar-refractivity contribution in [2.24, 2.45) is 5.73 Å². The van der Waals surface area contributed by atoms with Crippen molar-refractivity contribution in [3.63, 3.8) is 0 Å². The lowest BCUT2D eigenvalue weighted by atomic mass is 9.96. The summed E-state index contributed by atoms with van der Waals surface area (Å²) in [5.74, 6) is -0.532. The van der Waals surface area contributed by atoms with E-state index in [-0.39, 0.29) is 11.8 Å². The fourth-order valence-electron chi connectivity index (χ4n) is 1.28. The van der Waals surface area contributed by atoms with Crippen LogP contribution in [0.25, 0.3) is 0 Å². The fourth-order valence-corrected chi connectivity index (χ4v) is 1.28. The molecule has 1 amide bonds. The van der Waals surface area contributed by atoms with Gasteiger partial charge in [0.2, 0.25) is 5.91 Å². The Morgan fingerprint density at radius 3 is 2.69 bits per heavy atom. The highest BCUT2D eigenvalue weighted by atomic mass is 16.1. The van der Waals surface area contributed by atoms with Crippen LogP contribution in [0.2, 0.25) is 0 Å². The minimum absolute atomic E-state index is 0.235. The van der Waals surface area contributed by atoms with Gasteiger partial charge >= 0.3 is 0 Å². The third-order valence-corrected chi connectivity index (χ3v) is 2.39. The van der Waals surface area contributed by atoms with Crippen LogP contribution in [0.1, 0.15) is 29.7 Å². The molecule has 0 spiro atoms. The van der Waals surface area contributed by atoms with Crippen LogP contribution >= 0.6 is 0 Å². The first-order valence-electron chi connectivity index (χ1n) is 4.25. The van der Waals surface area contributed by atoms with Crippen molar-refractivity contribution in [1.29, 1.82) is 0 Å². The summed E-state index contributed by atoms with van der Waals surface area (Å²) in [5, 5.41) is 0. The van der Waals surface area contributed by atoms with Crippen molar-refractivity contribution < 1.29 is 4.79 Å². The maximum atomic E-state index is 11.0. The van der Waals surface area contributed by atoms with Gasteiger partial charge in [0.1, 0.15) is 0 Å². The van der Waals surface area contributed by atoms with Gasteiger partial charge in [-0.1, -0.05) is 0 Å². The Hall–Kier alpha value is -1.38. The number of aryl methyl sites for hydroxylation is 1. The average molecular weight is 178 g/mol. The van der Waals surface area contributed by atoms with Crippen LogP contribution in [0.15, 0.2) is 12.3 Å². The summed E-state index contributed by atoms with van der Waals surface area (Å²) in [7, 11) is 0. The lowest BCUT2D eigenvalue weighted by molar-refractivity contribution is -0.119. The number of aromatic nitrogens is 1. The molecule has 1 aromatic rings. The highest BCUT2D eigenvalue weighted by Gasteiger charge is 2.14. The molecular formula is C10H14N2O. The Morgan fingerprint density at radius 2 is 2.15 bits per heavy atom. The van der Waals surface area contributed by atoms with Crippen LogP contribution in [0.3, 0.4) is 0 Å². The quantitative estimate of drug-likeness (QED) is 0.741. The maximum Gasteiger partial charge on any atom is 0.224 e. The van der Waals surface area contributed by atoms with Crippen molar-refractivity contribution >= 4 is 5.91 Å². The molecule has 0 saturated heterocycles. The van der Waals surface area contributed by atoms with Gasteiger partial charge in [0.15, 0.2) is 0 Å². The van der Waals surface area contributed by atoms with Gasteiger partial charge in [0, 0.05) is 11.9 Å². The van der Waals surface area contributed by atoms with Crippen LogP contribution in [-0.2, 0) is 4.79 Å². The van der Waals surface area contributed by atoms with Crippen LogP contribution in [0.5, 0.6) is 0 Å². The third kappa shape index (κ3) is 1.86. The number of carbonyl (C=O) groups is 1. The van der Waals surface area contributed by atoms with Crippen molar-refractivity contribution in [1.82, 2.24) is 4.98 Å². The zero-order valence-corrected chi connectivity index (χ0v) is 8.16. The second-order valence-electron chi connectivity index (χ2n) is 3.23. The molecule has 0 aromatic carbocycles. The second-order valence-corrected chi connectivity index (χ2v) is 3.23. The number of primary amides is 1. The van der Waals surface area contributed by atoms with Gasteiger partial charge in [-0.25, -0.2) is 0 Å². The Balaban J connectivity index is 3.15. The Morgan fingerprint density at radius 1 is 1.54 bits per heavy atom. The topological polar surface area (TPSA) is 56.0 Å². The molecule has 70 valence electrons. The van der Waals surface area contributed by atoms with E-state index in [0.29, 0.717) is 0 Å². The smallest absolute Gasteiger partial charge is 0.224 e. The van der Waals surface area contributed by atoms with Gasteiger partial charge < -0.3 is 5.73 Å². The van der Waals surface area contributed by atoms with E-state index in [9.17, 15) is 4.79 Å². The molecule has 0 aliphatic carbocycles. The molecule has 0 aliphatic heterocycles. The van der Waals surface area contributed by atoms with Crippen LogP contribution in [-0.4, -0.2) is 10.9 Å². The highest BCUT2D eigenvalue weighted by Crippen LogP contribution is 2.19. The van der Waals surface area contributed by atoms with Crippen molar-refractivity contribution in [3.05, 3.63) is 29.1 Å². The van der Waals surface area contributed by atoms with E-state index in [1.807, 2.05) is 26.8 Å². The number of rotatable bonds is 2. The number of nitrogens with zero attached hydrogens (tertiary/aromatic N) is 1. The number of carbonyl (C=O) groups excluding carboxylic acids is 1. The molecule has 0 radical (unpaired) electrons. The van der Waals surface area contributed by atoms with Gasteiger partial charge in [-0.05, 0) is 38.0 Å². The molecule has 3 nitrogen and oxygen atoms in total. The Bertz CT molecular complexity index is 334. The molecule has 1 unspecified atom stereocenters. The Labute approximate surface area is 78.0 Å². The summed E-state index contributed by atoms with van der Waals surface area (Å²) >= 11 is 0. The number of pyridine rings is 1. The van der Waals surface area contributed by atoms with E-state index in [1.54, 1.807) is 6.20 Å². The lowest BCUT2D eigenvalue weighted by Gasteiger charge is -2.11. The van der Waals surface area contributed by atoms with Crippen molar-refractivity contribution in [2.75, 3.05) is 0 Å². The zero-order chi connectivity index (χ0) is 10.0. The number of amides is 1. The van der Waals surface area contributed by atoms with E-state index in [4.69, 9.17) is 5.73 Å². The van der Waals surface area contributed by atoms with Gasteiger partial charge in [-0.15, -0.1) is 0 Å². The van der Waals surface area contributed by atoms with Gasteiger partial charge in [-0.3, -0.25) is 9.78 Å². The lowest BCUT2D eigenvalue weighted by Crippen LogP contribution is -2.19. The fraction of sp³-hybridized carbons (Fsp3) is 0.400. The molecule has 1 heterocycles. The summed E-state index contributed by atoms with van der Waals surface area (Å²) in [4.78, 5) is 15.1. The second kappa shape index (κ2) is 3.56. The number of hydrogen-bond donors (Lipinski definition) is 1. The largest absolute Gasteiger partial charge is 0.369 e. The van der Waals surface area contributed by atoms with Gasteiger partial charge in [0.25, 0.3) is 0 Å². The first-order valence-corrected chi connectivity index (χ1v) is 4.25. The van der Waals surface area contributed by atoms with E-state index >= 15 is 0 Å². The monoisotopic (exact) mass is 178 g/mol. The highest BCUT2D eigenvalue weighted by molar-refractivity contribution is 5.81. The zero-order valence-electron chi connectivity index (χ0n) is 8.16. The van der Waals surface area contributed by atoms with Crippen molar-refractivity contribution in [2.45, 2.75) is 26.7 Å². The molecule has 13 heavy (non-hydrogen) atoms.